The lowest BCUT2D eigenvalue weighted by Crippen LogP contribution is -2.51. The van der Waals surface area contributed by atoms with E-state index in [9.17, 15) is 29.3 Å². The second-order valence-corrected chi connectivity index (χ2v) is 7.33. The fraction of sp³-hybridized carbons (Fsp3) is 0.217. The van der Waals surface area contributed by atoms with Gasteiger partial charge in [-0.2, -0.15) is 0 Å². The molecule has 0 aromatic heterocycles. The summed E-state index contributed by atoms with van der Waals surface area (Å²) in [6.07, 6.45) is 1.26. The van der Waals surface area contributed by atoms with Gasteiger partial charge >= 0.3 is 6.03 Å². The van der Waals surface area contributed by atoms with Crippen LogP contribution in [0.3, 0.4) is 0 Å². The molecule has 1 saturated heterocycles. The number of nitro groups is 1. The van der Waals surface area contributed by atoms with E-state index in [0.717, 1.165) is 5.69 Å². The highest BCUT2D eigenvalue weighted by Crippen LogP contribution is 2.28. The Balaban J connectivity index is 1.85. The Labute approximate surface area is 200 Å². The second-order valence-electron chi connectivity index (χ2n) is 7.33. The maximum atomic E-state index is 12.4. The summed E-state index contributed by atoms with van der Waals surface area (Å²) >= 11 is 0. The third-order valence-electron chi connectivity index (χ3n) is 5.07. The number of anilines is 2. The molecule has 35 heavy (non-hydrogen) atoms. The van der Waals surface area contributed by atoms with Crippen LogP contribution in [0.5, 0.6) is 5.75 Å². The number of carbonyl (C=O) groups is 4. The molecule has 0 saturated carbocycles. The van der Waals surface area contributed by atoms with E-state index in [1.165, 1.54) is 30.3 Å². The van der Waals surface area contributed by atoms with Crippen LogP contribution in [0.15, 0.2) is 48.0 Å². The van der Waals surface area contributed by atoms with Crippen molar-refractivity contribution in [3.05, 3.63) is 63.7 Å². The van der Waals surface area contributed by atoms with Gasteiger partial charge in [-0.05, 0) is 38.1 Å². The van der Waals surface area contributed by atoms with Crippen LogP contribution in [0.1, 0.15) is 19.4 Å². The number of hydrogen-bond donors (Lipinski definition) is 3. The molecule has 0 atom stereocenters. The first-order chi connectivity index (χ1) is 16.7. The minimum atomic E-state index is -0.914. The molecule has 2 aromatic carbocycles. The molecule has 3 rings (SSSR count). The monoisotopic (exact) mass is 481 g/mol. The Kier molecular flexibility index (Phi) is 7.77. The van der Waals surface area contributed by atoms with Crippen molar-refractivity contribution in [3.63, 3.8) is 0 Å². The van der Waals surface area contributed by atoms with Crippen LogP contribution in [0.4, 0.5) is 21.9 Å². The van der Waals surface area contributed by atoms with Gasteiger partial charge in [-0.1, -0.05) is 6.07 Å². The highest BCUT2D eigenvalue weighted by Gasteiger charge is 2.28. The van der Waals surface area contributed by atoms with Crippen LogP contribution in [-0.2, 0) is 14.4 Å². The van der Waals surface area contributed by atoms with E-state index in [1.807, 2.05) is 29.4 Å². The number of carbonyl (C=O) groups excluding carboxylic acids is 4. The summed E-state index contributed by atoms with van der Waals surface area (Å²) in [6, 6.07) is 9.63. The Morgan fingerprint density at radius 1 is 1.09 bits per heavy atom. The molecular formula is C23H23N5O7. The largest absolute Gasteiger partial charge is 0.483 e. The van der Waals surface area contributed by atoms with Gasteiger partial charge < -0.3 is 15.0 Å². The zero-order chi connectivity index (χ0) is 25.5. The van der Waals surface area contributed by atoms with Gasteiger partial charge in [0.1, 0.15) is 11.3 Å². The number of nitrogens with one attached hydrogen (secondary N) is 3. The molecular weight excluding hydrogens is 458 g/mol. The number of benzene rings is 2. The van der Waals surface area contributed by atoms with Gasteiger partial charge in [0.2, 0.25) is 0 Å². The van der Waals surface area contributed by atoms with Crippen molar-refractivity contribution >= 4 is 46.9 Å². The van der Waals surface area contributed by atoms with Gasteiger partial charge in [-0.25, -0.2) is 4.79 Å². The number of barbiturate groups is 1. The second kappa shape index (κ2) is 10.9. The van der Waals surface area contributed by atoms with Crippen molar-refractivity contribution in [2.75, 3.05) is 29.9 Å². The maximum absolute atomic E-state index is 12.4. The summed E-state index contributed by atoms with van der Waals surface area (Å²) in [5.74, 6) is -2.08. The van der Waals surface area contributed by atoms with Crippen molar-refractivity contribution in [1.29, 1.82) is 0 Å². The zero-order valence-corrected chi connectivity index (χ0v) is 19.0. The van der Waals surface area contributed by atoms with E-state index in [1.54, 1.807) is 18.2 Å². The molecule has 0 unspecified atom stereocenters. The molecule has 1 fully saturated rings. The minimum Gasteiger partial charge on any atom is -0.483 e. The van der Waals surface area contributed by atoms with Crippen LogP contribution >= 0.6 is 0 Å². The predicted octanol–water partition coefficient (Wildman–Crippen LogP) is 2.21. The summed E-state index contributed by atoms with van der Waals surface area (Å²) < 4.78 is 5.71. The lowest BCUT2D eigenvalue weighted by atomic mass is 10.1. The molecule has 12 nitrogen and oxygen atoms in total. The van der Waals surface area contributed by atoms with Crippen LogP contribution in [0.25, 0.3) is 6.08 Å². The lowest BCUT2D eigenvalue weighted by Gasteiger charge is -2.22. The summed E-state index contributed by atoms with van der Waals surface area (Å²) in [6.45, 7) is 4.91. The van der Waals surface area contributed by atoms with Gasteiger partial charge in [0.05, 0.1) is 4.92 Å². The summed E-state index contributed by atoms with van der Waals surface area (Å²) in [5, 5.41) is 17.5. The third-order valence-corrected chi connectivity index (χ3v) is 5.07. The lowest BCUT2D eigenvalue weighted by molar-refractivity contribution is -0.384. The Hall–Kier alpha value is -4.74. The highest BCUT2D eigenvalue weighted by molar-refractivity contribution is 6.31. The van der Waals surface area contributed by atoms with Crippen LogP contribution in [0, 0.1) is 10.1 Å². The van der Waals surface area contributed by atoms with Gasteiger partial charge in [0.15, 0.2) is 6.61 Å². The average molecular weight is 481 g/mol. The van der Waals surface area contributed by atoms with Gasteiger partial charge in [-0.15, -0.1) is 0 Å². The van der Waals surface area contributed by atoms with Gasteiger partial charge in [0, 0.05) is 48.2 Å². The topological polar surface area (TPSA) is 160 Å². The summed E-state index contributed by atoms with van der Waals surface area (Å²) in [7, 11) is 0. The molecule has 1 aliphatic heterocycles. The molecule has 1 aliphatic rings. The zero-order valence-electron chi connectivity index (χ0n) is 19.0. The van der Waals surface area contributed by atoms with Crippen molar-refractivity contribution in [2.45, 2.75) is 13.8 Å². The van der Waals surface area contributed by atoms with E-state index < -0.39 is 35.3 Å². The van der Waals surface area contributed by atoms with E-state index in [4.69, 9.17) is 4.74 Å². The van der Waals surface area contributed by atoms with E-state index in [-0.39, 0.29) is 22.7 Å². The van der Waals surface area contributed by atoms with Crippen molar-refractivity contribution in [2.24, 2.45) is 0 Å². The highest BCUT2D eigenvalue weighted by atomic mass is 16.6. The van der Waals surface area contributed by atoms with Crippen molar-refractivity contribution in [1.82, 2.24) is 10.6 Å². The first-order valence-electron chi connectivity index (χ1n) is 10.7. The summed E-state index contributed by atoms with van der Waals surface area (Å²) in [5.41, 5.74) is 0.878. The molecule has 2 aromatic rings. The number of nitro benzene ring substituents is 1. The minimum absolute atomic E-state index is 0.174. The number of amides is 5. The van der Waals surface area contributed by atoms with E-state index in [0.29, 0.717) is 18.7 Å². The number of imide groups is 2. The SMILES string of the molecule is CCN(CC)c1ccc(C=C2C(=O)NC(=O)NC2=O)c(OCC(=O)Nc2cccc([N+](=O)[O-])c2)c1. The fourth-order valence-electron chi connectivity index (χ4n) is 3.35. The Bertz CT molecular complexity index is 1200. The molecule has 1 heterocycles. The first kappa shape index (κ1) is 24.9. The third kappa shape index (κ3) is 6.19. The molecule has 182 valence electrons. The Morgan fingerprint density at radius 2 is 1.77 bits per heavy atom. The molecule has 5 amide bonds. The molecule has 12 heteroatoms. The average Bonchev–Trinajstić information content (AvgIpc) is 2.81. The predicted molar refractivity (Wildman–Crippen MR) is 127 cm³/mol. The molecule has 0 radical (unpaired) electrons. The number of non-ortho nitro benzene ring substituents is 1. The summed E-state index contributed by atoms with van der Waals surface area (Å²) in [4.78, 5) is 60.4. The molecule has 0 bridgehead atoms. The molecule has 3 N–H and O–H groups in total. The quantitative estimate of drug-likeness (QED) is 0.213. The first-order valence-corrected chi connectivity index (χ1v) is 10.7. The van der Waals surface area contributed by atoms with E-state index >= 15 is 0 Å². The number of nitrogens with zero attached hydrogens (tertiary/aromatic N) is 2. The number of ether oxygens (including phenoxy) is 1. The number of urea groups is 1. The van der Waals surface area contributed by atoms with Gasteiger partial charge in [-0.3, -0.25) is 35.1 Å². The smallest absolute Gasteiger partial charge is 0.328 e. The van der Waals surface area contributed by atoms with Crippen molar-refractivity contribution < 1.29 is 28.8 Å². The maximum Gasteiger partial charge on any atom is 0.328 e. The number of hydrogen-bond acceptors (Lipinski definition) is 8. The standard InChI is InChI=1S/C23H23N5O7/c1-3-27(4-2)16-9-8-14(10-18-21(30)25-23(32)26-22(18)31)19(12-16)35-13-20(29)24-15-6-5-7-17(11-15)28(33)34/h5-12H,3-4,13H2,1-2H3,(H,24,29)(H2,25,26,30,31,32). The Morgan fingerprint density at radius 3 is 2.40 bits per heavy atom. The normalized spacial score (nSPS) is 13.0. The van der Waals surface area contributed by atoms with E-state index in [2.05, 4.69) is 5.32 Å². The molecule has 0 aliphatic carbocycles. The van der Waals surface area contributed by atoms with Crippen LogP contribution in [0.2, 0.25) is 0 Å². The number of rotatable bonds is 9. The van der Waals surface area contributed by atoms with Crippen molar-refractivity contribution in [3.8, 4) is 5.75 Å². The van der Waals surface area contributed by atoms with Crippen LogP contribution in [-0.4, -0.2) is 48.4 Å². The van der Waals surface area contributed by atoms with Crippen LogP contribution < -0.4 is 25.6 Å². The fourth-order valence-corrected chi connectivity index (χ4v) is 3.35. The molecule has 0 spiro atoms. The van der Waals surface area contributed by atoms with Gasteiger partial charge in [0.25, 0.3) is 23.4 Å².